The molecule has 142 valence electrons. The summed E-state index contributed by atoms with van der Waals surface area (Å²) in [5, 5.41) is 14.0. The van der Waals surface area contributed by atoms with Crippen molar-refractivity contribution in [3.05, 3.63) is 34.6 Å². The lowest BCUT2D eigenvalue weighted by Crippen LogP contribution is -2.36. The highest BCUT2D eigenvalue weighted by atomic mass is 32.1. The predicted octanol–water partition coefficient (Wildman–Crippen LogP) is 2.21. The molecule has 1 aliphatic rings. The van der Waals surface area contributed by atoms with Gasteiger partial charge in [-0.05, 0) is 23.8 Å². The summed E-state index contributed by atoms with van der Waals surface area (Å²) in [6, 6.07) is 5.79. The molecule has 0 spiro atoms. The Morgan fingerprint density at radius 3 is 2.70 bits per heavy atom. The molecule has 2 aromatic heterocycles. The third-order valence-corrected chi connectivity index (χ3v) is 5.23. The first kappa shape index (κ1) is 17.9. The van der Waals surface area contributed by atoms with E-state index in [1.165, 1.54) is 11.3 Å². The van der Waals surface area contributed by atoms with E-state index in [0.717, 1.165) is 54.2 Å². The first-order chi connectivity index (χ1) is 13.3. The number of aromatic nitrogens is 4. The molecule has 0 saturated carbocycles. The van der Waals surface area contributed by atoms with Crippen LogP contribution in [-0.2, 0) is 11.3 Å². The molecule has 1 saturated heterocycles. The summed E-state index contributed by atoms with van der Waals surface area (Å²) in [5.74, 6) is 2.26. The first-order valence-corrected chi connectivity index (χ1v) is 9.50. The summed E-state index contributed by atoms with van der Waals surface area (Å²) in [7, 11) is 3.26. The first-order valence-electron chi connectivity index (χ1n) is 8.68. The van der Waals surface area contributed by atoms with Crippen LogP contribution in [0.2, 0.25) is 0 Å². The van der Waals surface area contributed by atoms with Crippen LogP contribution < -0.4 is 9.47 Å². The zero-order valence-corrected chi connectivity index (χ0v) is 16.1. The molecule has 1 aromatic carbocycles. The van der Waals surface area contributed by atoms with E-state index in [-0.39, 0.29) is 0 Å². The van der Waals surface area contributed by atoms with Gasteiger partial charge >= 0.3 is 0 Å². The monoisotopic (exact) mass is 387 g/mol. The van der Waals surface area contributed by atoms with Gasteiger partial charge < -0.3 is 14.2 Å². The minimum atomic E-state index is 0.700. The average Bonchev–Trinajstić information content (AvgIpc) is 3.28. The van der Waals surface area contributed by atoms with Crippen LogP contribution in [0.25, 0.3) is 17.1 Å². The zero-order valence-electron chi connectivity index (χ0n) is 15.3. The Hall–Kier alpha value is -2.49. The smallest absolute Gasteiger partial charge is 0.235 e. The quantitative estimate of drug-likeness (QED) is 0.642. The number of benzene rings is 1. The van der Waals surface area contributed by atoms with Crippen molar-refractivity contribution in [3.8, 4) is 11.5 Å². The molecule has 0 bridgehead atoms. The van der Waals surface area contributed by atoms with E-state index in [9.17, 15) is 0 Å². The molecule has 0 atom stereocenters. The van der Waals surface area contributed by atoms with E-state index in [1.54, 1.807) is 14.2 Å². The Bertz CT molecular complexity index is 946. The standard InChI is InChI=1S/C18H21N5O3S/c1-24-14-5-3-13(11-15(14)25-2)4-6-17-21-23-16(19-20-18(23)27-17)12-22-7-9-26-10-8-22/h3-6,11H,7-10,12H2,1-2H3/b6-4+. The molecule has 0 aliphatic carbocycles. The van der Waals surface area contributed by atoms with Gasteiger partial charge in [0.05, 0.1) is 34.0 Å². The van der Waals surface area contributed by atoms with Crippen LogP contribution in [0.4, 0.5) is 0 Å². The van der Waals surface area contributed by atoms with Crippen molar-refractivity contribution >= 4 is 28.4 Å². The molecule has 8 nitrogen and oxygen atoms in total. The molecule has 3 aromatic rings. The summed E-state index contributed by atoms with van der Waals surface area (Å²) < 4.78 is 17.8. The molecule has 0 radical (unpaired) electrons. The number of morpholine rings is 1. The fourth-order valence-corrected chi connectivity index (χ4v) is 3.68. The maximum atomic E-state index is 5.39. The lowest BCUT2D eigenvalue weighted by atomic mass is 10.2. The second-order valence-electron chi connectivity index (χ2n) is 6.09. The highest BCUT2D eigenvalue weighted by Crippen LogP contribution is 2.28. The molecule has 3 heterocycles. The third-order valence-electron chi connectivity index (χ3n) is 4.37. The van der Waals surface area contributed by atoms with Crippen LogP contribution in [0.15, 0.2) is 18.2 Å². The largest absolute Gasteiger partial charge is 0.493 e. The van der Waals surface area contributed by atoms with Crippen LogP contribution >= 0.6 is 11.3 Å². The number of hydrogen-bond acceptors (Lipinski definition) is 8. The second kappa shape index (κ2) is 8.03. The maximum absolute atomic E-state index is 5.39. The fourth-order valence-electron chi connectivity index (χ4n) is 2.92. The summed E-state index contributed by atoms with van der Waals surface area (Å²) in [5.41, 5.74) is 1.01. The zero-order chi connectivity index (χ0) is 18.6. The summed E-state index contributed by atoms with van der Waals surface area (Å²) in [6.45, 7) is 4.07. The minimum Gasteiger partial charge on any atom is -0.493 e. The lowest BCUT2D eigenvalue weighted by molar-refractivity contribution is 0.0328. The van der Waals surface area contributed by atoms with Crippen molar-refractivity contribution in [1.29, 1.82) is 0 Å². The molecule has 9 heteroatoms. The Morgan fingerprint density at radius 1 is 1.11 bits per heavy atom. The average molecular weight is 387 g/mol. The molecular weight excluding hydrogens is 366 g/mol. The van der Waals surface area contributed by atoms with Crippen LogP contribution in [0, 0.1) is 0 Å². The Kier molecular flexibility index (Phi) is 5.33. The number of ether oxygens (including phenoxy) is 3. The minimum absolute atomic E-state index is 0.700. The number of hydrogen-bond donors (Lipinski definition) is 0. The van der Waals surface area contributed by atoms with Crippen molar-refractivity contribution in [1.82, 2.24) is 24.7 Å². The number of rotatable bonds is 6. The molecule has 4 rings (SSSR count). The molecule has 0 unspecified atom stereocenters. The molecule has 0 N–H and O–H groups in total. The van der Waals surface area contributed by atoms with Crippen molar-refractivity contribution in [2.24, 2.45) is 0 Å². The molecule has 0 amide bonds. The molecule has 27 heavy (non-hydrogen) atoms. The lowest BCUT2D eigenvalue weighted by Gasteiger charge is -2.25. The van der Waals surface area contributed by atoms with Crippen LogP contribution in [0.1, 0.15) is 16.4 Å². The van der Waals surface area contributed by atoms with Crippen molar-refractivity contribution in [2.75, 3.05) is 40.5 Å². The van der Waals surface area contributed by atoms with Gasteiger partial charge in [0, 0.05) is 13.1 Å². The predicted molar refractivity (Wildman–Crippen MR) is 103 cm³/mol. The van der Waals surface area contributed by atoms with Gasteiger partial charge in [0.2, 0.25) is 4.96 Å². The topological polar surface area (TPSA) is 74.0 Å². The SMILES string of the molecule is COc1ccc(/C=C/c2nn3c(CN4CCOCC4)nnc3s2)cc1OC. The molecular formula is C18H21N5O3S. The van der Waals surface area contributed by atoms with Gasteiger partial charge in [-0.15, -0.1) is 10.2 Å². The van der Waals surface area contributed by atoms with E-state index >= 15 is 0 Å². The van der Waals surface area contributed by atoms with E-state index in [0.29, 0.717) is 11.5 Å². The summed E-state index contributed by atoms with van der Waals surface area (Å²) >= 11 is 1.51. The van der Waals surface area contributed by atoms with Gasteiger partial charge in [-0.2, -0.15) is 9.61 Å². The van der Waals surface area contributed by atoms with Gasteiger partial charge in [-0.25, -0.2) is 0 Å². The maximum Gasteiger partial charge on any atom is 0.235 e. The Morgan fingerprint density at radius 2 is 1.93 bits per heavy atom. The van der Waals surface area contributed by atoms with Crippen molar-refractivity contribution in [3.63, 3.8) is 0 Å². The van der Waals surface area contributed by atoms with Crippen LogP contribution in [0.5, 0.6) is 11.5 Å². The van der Waals surface area contributed by atoms with Crippen molar-refractivity contribution in [2.45, 2.75) is 6.54 Å². The normalized spacial score (nSPS) is 15.6. The fraction of sp³-hybridized carbons (Fsp3) is 0.389. The van der Waals surface area contributed by atoms with Crippen LogP contribution in [-0.4, -0.2) is 65.2 Å². The highest BCUT2D eigenvalue weighted by Gasteiger charge is 2.16. The second-order valence-corrected chi connectivity index (χ2v) is 7.07. The van der Waals surface area contributed by atoms with Crippen molar-refractivity contribution < 1.29 is 14.2 Å². The molecule has 1 aliphatic heterocycles. The van der Waals surface area contributed by atoms with Gasteiger partial charge in [0.15, 0.2) is 17.3 Å². The van der Waals surface area contributed by atoms with E-state index in [4.69, 9.17) is 14.2 Å². The summed E-state index contributed by atoms with van der Waals surface area (Å²) in [6.07, 6.45) is 3.97. The summed E-state index contributed by atoms with van der Waals surface area (Å²) in [4.78, 5) is 3.10. The van der Waals surface area contributed by atoms with E-state index in [2.05, 4.69) is 20.2 Å². The molecule has 1 fully saturated rings. The van der Waals surface area contributed by atoms with Crippen LogP contribution in [0.3, 0.4) is 0 Å². The van der Waals surface area contributed by atoms with E-state index < -0.39 is 0 Å². The number of methoxy groups -OCH3 is 2. The number of fused-ring (bicyclic) bond motifs is 1. The van der Waals surface area contributed by atoms with Gasteiger partial charge in [-0.3, -0.25) is 4.90 Å². The van der Waals surface area contributed by atoms with Gasteiger partial charge in [-0.1, -0.05) is 23.5 Å². The van der Waals surface area contributed by atoms with Gasteiger partial charge in [0.25, 0.3) is 0 Å². The Balaban J connectivity index is 1.51. The Labute approximate surface area is 161 Å². The van der Waals surface area contributed by atoms with E-state index in [1.807, 2.05) is 34.9 Å². The highest BCUT2D eigenvalue weighted by molar-refractivity contribution is 7.17. The third kappa shape index (κ3) is 3.95. The van der Waals surface area contributed by atoms with Gasteiger partial charge in [0.1, 0.15) is 5.01 Å². The number of nitrogens with zero attached hydrogens (tertiary/aromatic N) is 5.